The Morgan fingerprint density at radius 2 is 2.45 bits per heavy atom. The number of nitrogens with two attached hydrogens (primary N) is 1. The second-order valence-electron chi connectivity index (χ2n) is 5.07. The van der Waals surface area contributed by atoms with Crippen molar-refractivity contribution in [2.45, 2.75) is 31.2 Å². The minimum Gasteiger partial charge on any atom is -0.367 e. The van der Waals surface area contributed by atoms with E-state index in [0.717, 1.165) is 17.8 Å². The van der Waals surface area contributed by atoms with Crippen LogP contribution in [0.25, 0.3) is 0 Å². The molecule has 1 amide bonds. The molecular weight excluding hydrogens is 278 g/mol. The number of thiazole rings is 1. The first-order valence-electron chi connectivity index (χ1n) is 6.93. The van der Waals surface area contributed by atoms with E-state index in [1.165, 1.54) is 0 Å². The third kappa shape index (κ3) is 2.85. The fraction of sp³-hybridized carbons (Fsp3) is 0.692. The van der Waals surface area contributed by atoms with Crippen LogP contribution in [0.15, 0.2) is 11.6 Å². The molecule has 2 fully saturated rings. The number of rotatable bonds is 3. The molecule has 0 aliphatic carbocycles. The molecule has 6 nitrogen and oxygen atoms in total. The van der Waals surface area contributed by atoms with Crippen LogP contribution < -0.4 is 5.73 Å². The number of hydrogen-bond acceptors (Lipinski definition) is 6. The van der Waals surface area contributed by atoms with Gasteiger partial charge in [0.1, 0.15) is 17.2 Å². The molecule has 110 valence electrons. The predicted octanol–water partition coefficient (Wildman–Crippen LogP) is 0.549. The Morgan fingerprint density at radius 3 is 3.15 bits per heavy atom. The van der Waals surface area contributed by atoms with Crippen molar-refractivity contribution in [1.82, 2.24) is 9.88 Å². The van der Waals surface area contributed by atoms with Crippen LogP contribution in [-0.4, -0.2) is 54.2 Å². The lowest BCUT2D eigenvalue weighted by molar-refractivity contribution is -0.150. The van der Waals surface area contributed by atoms with Crippen molar-refractivity contribution in [3.05, 3.63) is 16.6 Å². The highest BCUT2D eigenvalue weighted by Crippen LogP contribution is 2.26. The molecule has 3 rings (SSSR count). The van der Waals surface area contributed by atoms with Gasteiger partial charge in [-0.2, -0.15) is 0 Å². The van der Waals surface area contributed by atoms with Crippen molar-refractivity contribution in [2.24, 2.45) is 5.73 Å². The van der Waals surface area contributed by atoms with E-state index < -0.39 is 0 Å². The summed E-state index contributed by atoms with van der Waals surface area (Å²) in [7, 11) is 0. The Balaban J connectivity index is 1.61. The van der Waals surface area contributed by atoms with Crippen LogP contribution in [0.5, 0.6) is 0 Å². The van der Waals surface area contributed by atoms with Gasteiger partial charge in [-0.1, -0.05) is 0 Å². The number of carbonyl (C=O) groups is 1. The van der Waals surface area contributed by atoms with Crippen molar-refractivity contribution in [1.29, 1.82) is 0 Å². The van der Waals surface area contributed by atoms with Gasteiger partial charge < -0.3 is 20.1 Å². The maximum absolute atomic E-state index is 12.5. The van der Waals surface area contributed by atoms with E-state index in [1.807, 2.05) is 10.3 Å². The van der Waals surface area contributed by atoms with E-state index in [2.05, 4.69) is 4.98 Å². The van der Waals surface area contributed by atoms with Crippen LogP contribution in [0.3, 0.4) is 0 Å². The molecule has 3 heterocycles. The van der Waals surface area contributed by atoms with Gasteiger partial charge >= 0.3 is 0 Å². The maximum atomic E-state index is 12.5. The summed E-state index contributed by atoms with van der Waals surface area (Å²) < 4.78 is 11.4. The minimum absolute atomic E-state index is 0.0275. The first-order chi connectivity index (χ1) is 9.78. The zero-order valence-electron chi connectivity index (χ0n) is 11.2. The number of amides is 1. The zero-order valence-corrected chi connectivity index (χ0v) is 12.1. The Kier molecular flexibility index (Phi) is 4.30. The lowest BCUT2D eigenvalue weighted by atomic mass is 10.1. The molecule has 1 aromatic heterocycles. The Labute approximate surface area is 121 Å². The maximum Gasteiger partial charge on any atom is 0.251 e. The first-order valence-corrected chi connectivity index (χ1v) is 7.81. The summed E-state index contributed by atoms with van der Waals surface area (Å²) in [5.41, 5.74) is 5.58. The van der Waals surface area contributed by atoms with Crippen molar-refractivity contribution in [3.8, 4) is 0 Å². The number of nitrogens with zero attached hydrogens (tertiary/aromatic N) is 2. The van der Waals surface area contributed by atoms with Crippen LogP contribution in [0, 0.1) is 0 Å². The average molecular weight is 297 g/mol. The smallest absolute Gasteiger partial charge is 0.251 e. The highest BCUT2D eigenvalue weighted by Gasteiger charge is 2.35. The lowest BCUT2D eigenvalue weighted by Crippen LogP contribution is -2.46. The van der Waals surface area contributed by atoms with Gasteiger partial charge in [0.05, 0.1) is 19.3 Å². The Hall–Kier alpha value is -1.02. The topological polar surface area (TPSA) is 77.7 Å². The second-order valence-corrected chi connectivity index (χ2v) is 6.00. The molecule has 0 radical (unpaired) electrons. The SMILES string of the molecule is NC[C@H]1CC[C@@H](C(=O)N2CCOC(c3nccs3)C2)O1. The highest BCUT2D eigenvalue weighted by molar-refractivity contribution is 7.09. The molecule has 7 heteroatoms. The molecule has 2 aliphatic heterocycles. The number of ether oxygens (including phenoxy) is 2. The number of hydrogen-bond donors (Lipinski definition) is 1. The van der Waals surface area contributed by atoms with E-state index >= 15 is 0 Å². The van der Waals surface area contributed by atoms with E-state index in [0.29, 0.717) is 26.2 Å². The summed E-state index contributed by atoms with van der Waals surface area (Å²) in [4.78, 5) is 18.6. The van der Waals surface area contributed by atoms with Gasteiger partial charge in [0.15, 0.2) is 0 Å². The van der Waals surface area contributed by atoms with Crippen LogP contribution in [0.1, 0.15) is 24.0 Å². The van der Waals surface area contributed by atoms with Gasteiger partial charge in [0.25, 0.3) is 5.91 Å². The minimum atomic E-state index is -0.335. The van der Waals surface area contributed by atoms with Gasteiger partial charge in [0.2, 0.25) is 0 Å². The summed E-state index contributed by atoms with van der Waals surface area (Å²) in [6.45, 7) is 2.20. The molecule has 0 aromatic carbocycles. The van der Waals surface area contributed by atoms with Gasteiger partial charge in [0, 0.05) is 24.7 Å². The van der Waals surface area contributed by atoms with Crippen molar-refractivity contribution >= 4 is 17.2 Å². The molecule has 0 spiro atoms. The third-order valence-electron chi connectivity index (χ3n) is 3.75. The van der Waals surface area contributed by atoms with E-state index in [4.69, 9.17) is 15.2 Å². The molecule has 1 aromatic rings. The third-order valence-corrected chi connectivity index (χ3v) is 4.62. The van der Waals surface area contributed by atoms with Crippen LogP contribution in [0.4, 0.5) is 0 Å². The quantitative estimate of drug-likeness (QED) is 0.881. The summed E-state index contributed by atoms with van der Waals surface area (Å²) in [6.07, 6.45) is 2.97. The monoisotopic (exact) mass is 297 g/mol. The lowest BCUT2D eigenvalue weighted by Gasteiger charge is -2.33. The summed E-state index contributed by atoms with van der Waals surface area (Å²) in [5, 5.41) is 2.85. The van der Waals surface area contributed by atoms with E-state index in [-0.39, 0.29) is 24.2 Å². The number of aromatic nitrogens is 1. The molecule has 0 bridgehead atoms. The number of carbonyl (C=O) groups excluding carboxylic acids is 1. The molecule has 3 atom stereocenters. The van der Waals surface area contributed by atoms with Gasteiger partial charge in [-0.15, -0.1) is 11.3 Å². The fourth-order valence-electron chi connectivity index (χ4n) is 2.66. The Bertz CT molecular complexity index is 454. The van der Waals surface area contributed by atoms with Crippen molar-refractivity contribution in [3.63, 3.8) is 0 Å². The largest absolute Gasteiger partial charge is 0.367 e. The van der Waals surface area contributed by atoms with Crippen LogP contribution >= 0.6 is 11.3 Å². The Morgan fingerprint density at radius 1 is 1.55 bits per heavy atom. The normalized spacial score (nSPS) is 30.6. The molecule has 2 saturated heterocycles. The predicted molar refractivity (Wildman–Crippen MR) is 74.3 cm³/mol. The summed E-state index contributed by atoms with van der Waals surface area (Å²) in [6, 6.07) is 0. The van der Waals surface area contributed by atoms with Gasteiger partial charge in [-0.3, -0.25) is 4.79 Å². The molecule has 1 unspecified atom stereocenters. The second kappa shape index (κ2) is 6.17. The highest BCUT2D eigenvalue weighted by atomic mass is 32.1. The standard InChI is InChI=1S/C13H19N3O3S/c14-7-9-1-2-10(19-9)13(17)16-4-5-18-11(8-16)12-15-3-6-20-12/h3,6,9-11H,1-2,4-5,7-8,14H2/t9-,10+,11?/m1/s1. The van der Waals surface area contributed by atoms with Crippen molar-refractivity contribution < 1.29 is 14.3 Å². The van der Waals surface area contributed by atoms with Crippen LogP contribution in [-0.2, 0) is 14.3 Å². The number of morpholine rings is 1. The van der Waals surface area contributed by atoms with Gasteiger partial charge in [-0.05, 0) is 12.8 Å². The summed E-state index contributed by atoms with van der Waals surface area (Å²) in [5.74, 6) is 0.0609. The first kappa shape index (κ1) is 13.9. The van der Waals surface area contributed by atoms with Gasteiger partial charge in [-0.25, -0.2) is 4.98 Å². The molecule has 0 saturated carbocycles. The van der Waals surface area contributed by atoms with E-state index in [9.17, 15) is 4.79 Å². The molecule has 2 aliphatic rings. The van der Waals surface area contributed by atoms with Crippen molar-refractivity contribution in [2.75, 3.05) is 26.2 Å². The fourth-order valence-corrected chi connectivity index (χ4v) is 3.33. The molecular formula is C13H19N3O3S. The van der Waals surface area contributed by atoms with E-state index in [1.54, 1.807) is 17.5 Å². The average Bonchev–Trinajstić information content (AvgIpc) is 3.17. The molecule has 20 heavy (non-hydrogen) atoms. The van der Waals surface area contributed by atoms with Crippen LogP contribution in [0.2, 0.25) is 0 Å². The summed E-state index contributed by atoms with van der Waals surface area (Å²) >= 11 is 1.56. The zero-order chi connectivity index (χ0) is 13.9. The molecule has 2 N–H and O–H groups in total.